The van der Waals surface area contributed by atoms with Crippen molar-refractivity contribution in [3.63, 3.8) is 0 Å². The van der Waals surface area contributed by atoms with Gasteiger partial charge in [-0.1, -0.05) is 39.3 Å². The second-order valence-corrected chi connectivity index (χ2v) is 6.40. The molecule has 0 aliphatic rings. The Morgan fingerprint density at radius 3 is 2.29 bits per heavy atom. The van der Waals surface area contributed by atoms with Crippen LogP contribution in [-0.2, 0) is 22.7 Å². The van der Waals surface area contributed by atoms with Gasteiger partial charge < -0.3 is 0 Å². The van der Waals surface area contributed by atoms with E-state index in [1.807, 2.05) is 26.0 Å². The Morgan fingerprint density at radius 1 is 1.06 bits per heavy atom. The van der Waals surface area contributed by atoms with Gasteiger partial charge in [0, 0.05) is 0 Å². The lowest BCUT2D eigenvalue weighted by molar-refractivity contribution is 0.591. The molecule has 3 heteroatoms. The van der Waals surface area contributed by atoms with Crippen LogP contribution in [0.2, 0.25) is 0 Å². The molecular weight excluding hydrogens is 232 g/mol. The number of unbranched alkanes of at least 4 members (excludes halogenated alkanes) is 1. The highest BCUT2D eigenvalue weighted by molar-refractivity contribution is 7.91. The van der Waals surface area contributed by atoms with Crippen molar-refractivity contribution < 1.29 is 8.42 Å². The monoisotopic (exact) mass is 254 g/mol. The van der Waals surface area contributed by atoms with Crippen LogP contribution < -0.4 is 0 Å². The average molecular weight is 254 g/mol. The first kappa shape index (κ1) is 14.2. The molecule has 0 atom stereocenters. The van der Waals surface area contributed by atoms with Crippen LogP contribution >= 0.6 is 0 Å². The van der Waals surface area contributed by atoms with Crippen molar-refractivity contribution in [2.45, 2.75) is 51.3 Å². The minimum atomic E-state index is -3.09. The Balaban J connectivity index is 3.12. The fraction of sp³-hybridized carbons (Fsp3) is 0.571. The van der Waals surface area contributed by atoms with Crippen molar-refractivity contribution in [2.75, 3.05) is 5.75 Å². The smallest absolute Gasteiger partial charge is 0.178 e. The van der Waals surface area contributed by atoms with Crippen molar-refractivity contribution in [1.82, 2.24) is 0 Å². The predicted octanol–water partition coefficient (Wildman–Crippen LogP) is 3.39. The van der Waals surface area contributed by atoms with Gasteiger partial charge in [-0.2, -0.15) is 0 Å². The molecule has 0 saturated heterocycles. The fourth-order valence-electron chi connectivity index (χ4n) is 1.88. The highest BCUT2D eigenvalue weighted by atomic mass is 32.2. The van der Waals surface area contributed by atoms with Gasteiger partial charge in [0.1, 0.15) is 0 Å². The summed E-state index contributed by atoms with van der Waals surface area (Å²) in [4.78, 5) is 0.533. The summed E-state index contributed by atoms with van der Waals surface area (Å²) in [7, 11) is -3.09. The van der Waals surface area contributed by atoms with E-state index in [1.54, 1.807) is 6.07 Å². The molecule has 2 nitrogen and oxygen atoms in total. The van der Waals surface area contributed by atoms with Gasteiger partial charge in [0.05, 0.1) is 10.6 Å². The summed E-state index contributed by atoms with van der Waals surface area (Å²) in [5.74, 6) is 0.266. The molecule has 1 aromatic rings. The van der Waals surface area contributed by atoms with Gasteiger partial charge in [-0.15, -0.1) is 0 Å². The Labute approximate surface area is 105 Å². The van der Waals surface area contributed by atoms with E-state index in [2.05, 4.69) is 6.92 Å². The maximum atomic E-state index is 12.2. The molecule has 1 aromatic carbocycles. The van der Waals surface area contributed by atoms with Gasteiger partial charge in [-0.25, -0.2) is 8.42 Å². The van der Waals surface area contributed by atoms with E-state index in [4.69, 9.17) is 0 Å². The van der Waals surface area contributed by atoms with E-state index >= 15 is 0 Å². The van der Waals surface area contributed by atoms with Gasteiger partial charge in [0.2, 0.25) is 0 Å². The third-order valence-electron chi connectivity index (χ3n) is 3.02. The Bertz CT molecular complexity index is 461. The van der Waals surface area contributed by atoms with Crippen LogP contribution in [0.25, 0.3) is 0 Å². The maximum absolute atomic E-state index is 12.2. The third kappa shape index (κ3) is 3.56. The van der Waals surface area contributed by atoms with Crippen molar-refractivity contribution in [1.29, 1.82) is 0 Å². The third-order valence-corrected chi connectivity index (χ3v) is 4.91. The first-order valence-corrected chi connectivity index (χ1v) is 8.04. The molecule has 0 bridgehead atoms. The van der Waals surface area contributed by atoms with Crippen LogP contribution in [-0.4, -0.2) is 14.2 Å². The van der Waals surface area contributed by atoms with Crippen molar-refractivity contribution >= 4 is 9.84 Å². The second-order valence-electron chi connectivity index (χ2n) is 4.32. The first-order chi connectivity index (χ1) is 8.05. The maximum Gasteiger partial charge on any atom is 0.178 e. The number of sulfone groups is 1. The summed E-state index contributed by atoms with van der Waals surface area (Å²) in [5.41, 5.74) is 2.16. The van der Waals surface area contributed by atoms with Gasteiger partial charge in [-0.05, 0) is 36.5 Å². The summed E-state index contributed by atoms with van der Waals surface area (Å²) in [6.45, 7) is 6.10. The van der Waals surface area contributed by atoms with Crippen LogP contribution in [0.3, 0.4) is 0 Å². The summed E-state index contributed by atoms with van der Waals surface area (Å²) in [6.07, 6.45) is 3.37. The second kappa shape index (κ2) is 6.20. The van der Waals surface area contributed by atoms with Crippen LogP contribution in [0.1, 0.15) is 44.7 Å². The van der Waals surface area contributed by atoms with Crippen LogP contribution in [0.15, 0.2) is 23.1 Å². The van der Waals surface area contributed by atoms with E-state index in [1.165, 1.54) is 5.56 Å². The highest BCUT2D eigenvalue weighted by Gasteiger charge is 2.17. The zero-order valence-corrected chi connectivity index (χ0v) is 11.8. The molecule has 0 radical (unpaired) electrons. The molecular formula is C14H22O2S. The molecule has 0 heterocycles. The Hall–Kier alpha value is -0.830. The van der Waals surface area contributed by atoms with Crippen LogP contribution in [0.4, 0.5) is 0 Å². The van der Waals surface area contributed by atoms with E-state index in [9.17, 15) is 8.42 Å². The zero-order chi connectivity index (χ0) is 12.9. The molecule has 17 heavy (non-hydrogen) atoms. The quantitative estimate of drug-likeness (QED) is 0.780. The summed E-state index contributed by atoms with van der Waals surface area (Å²) >= 11 is 0. The number of benzene rings is 1. The minimum absolute atomic E-state index is 0.266. The zero-order valence-electron chi connectivity index (χ0n) is 11.0. The normalized spacial score (nSPS) is 11.7. The number of rotatable bonds is 6. The molecule has 0 aromatic heterocycles. The van der Waals surface area contributed by atoms with Gasteiger partial charge >= 0.3 is 0 Å². The molecule has 1 rings (SSSR count). The average Bonchev–Trinajstić information content (AvgIpc) is 2.35. The van der Waals surface area contributed by atoms with Crippen molar-refractivity contribution in [3.05, 3.63) is 29.3 Å². The molecule has 0 unspecified atom stereocenters. The minimum Gasteiger partial charge on any atom is -0.224 e. The molecule has 0 amide bonds. The summed E-state index contributed by atoms with van der Waals surface area (Å²) < 4.78 is 24.3. The number of aryl methyl sites for hydroxylation is 2. The molecule has 0 fully saturated rings. The Morgan fingerprint density at radius 2 is 1.76 bits per heavy atom. The van der Waals surface area contributed by atoms with Crippen molar-refractivity contribution in [3.8, 4) is 0 Å². The van der Waals surface area contributed by atoms with Crippen LogP contribution in [0.5, 0.6) is 0 Å². The largest absolute Gasteiger partial charge is 0.224 e. The molecule has 0 spiro atoms. The van der Waals surface area contributed by atoms with Crippen molar-refractivity contribution in [2.24, 2.45) is 0 Å². The van der Waals surface area contributed by atoms with Gasteiger partial charge in [0.15, 0.2) is 9.84 Å². The topological polar surface area (TPSA) is 34.1 Å². The summed E-state index contributed by atoms with van der Waals surface area (Å²) in [5, 5.41) is 0. The summed E-state index contributed by atoms with van der Waals surface area (Å²) in [6, 6.07) is 5.74. The lowest BCUT2D eigenvalue weighted by Crippen LogP contribution is -2.09. The number of hydrogen-bond acceptors (Lipinski definition) is 2. The van der Waals surface area contributed by atoms with Crippen LogP contribution in [0, 0.1) is 0 Å². The fourth-order valence-corrected chi connectivity index (χ4v) is 3.64. The SMILES string of the molecule is CCCCS(=O)(=O)c1ccc(CC)cc1CC. The molecule has 0 aliphatic carbocycles. The van der Waals surface area contributed by atoms with E-state index in [-0.39, 0.29) is 5.75 Å². The molecule has 0 N–H and O–H groups in total. The van der Waals surface area contributed by atoms with E-state index in [0.717, 1.165) is 31.2 Å². The van der Waals surface area contributed by atoms with E-state index < -0.39 is 9.84 Å². The predicted molar refractivity (Wildman–Crippen MR) is 72.2 cm³/mol. The Kier molecular flexibility index (Phi) is 5.19. The standard InChI is InChI=1S/C14H22O2S/c1-4-7-10-17(15,16)14-9-8-12(5-2)11-13(14)6-3/h8-9,11H,4-7,10H2,1-3H3. The van der Waals surface area contributed by atoms with E-state index in [0.29, 0.717) is 4.90 Å². The lowest BCUT2D eigenvalue weighted by Gasteiger charge is -2.10. The van der Waals surface area contributed by atoms with Gasteiger partial charge in [0.25, 0.3) is 0 Å². The lowest BCUT2D eigenvalue weighted by atomic mass is 10.1. The molecule has 0 saturated carbocycles. The number of hydrogen-bond donors (Lipinski definition) is 0. The molecule has 96 valence electrons. The highest BCUT2D eigenvalue weighted by Crippen LogP contribution is 2.21. The molecule has 0 aliphatic heterocycles. The van der Waals surface area contributed by atoms with Gasteiger partial charge in [-0.3, -0.25) is 0 Å². The first-order valence-electron chi connectivity index (χ1n) is 6.39.